The van der Waals surface area contributed by atoms with E-state index in [2.05, 4.69) is 24.4 Å². The summed E-state index contributed by atoms with van der Waals surface area (Å²) >= 11 is 0. The lowest BCUT2D eigenvalue weighted by Crippen LogP contribution is -2.37. The molecule has 3 heteroatoms. The number of amides is 1. The largest absolute Gasteiger partial charge is 0.497 e. The van der Waals surface area contributed by atoms with Gasteiger partial charge in [0.25, 0.3) is 0 Å². The fourth-order valence-corrected chi connectivity index (χ4v) is 3.56. The van der Waals surface area contributed by atoms with Gasteiger partial charge in [-0.1, -0.05) is 38.3 Å². The van der Waals surface area contributed by atoms with E-state index in [4.69, 9.17) is 4.74 Å². The average molecular weight is 317 g/mol. The Morgan fingerprint density at radius 1 is 1.22 bits per heavy atom. The molecule has 0 aromatic heterocycles. The third-order valence-corrected chi connectivity index (χ3v) is 4.96. The molecule has 0 spiro atoms. The summed E-state index contributed by atoms with van der Waals surface area (Å²) in [5.41, 5.74) is 1.26. The molecule has 2 rings (SSSR count). The molecule has 128 valence electrons. The number of nitrogens with one attached hydrogen (secondary N) is 1. The van der Waals surface area contributed by atoms with E-state index in [1.165, 1.54) is 44.1 Å². The van der Waals surface area contributed by atoms with Crippen LogP contribution in [0.5, 0.6) is 5.75 Å². The van der Waals surface area contributed by atoms with Crippen LogP contribution in [-0.4, -0.2) is 19.1 Å². The van der Waals surface area contributed by atoms with Crippen molar-refractivity contribution in [3.63, 3.8) is 0 Å². The van der Waals surface area contributed by atoms with Gasteiger partial charge in [0, 0.05) is 12.5 Å². The smallest absolute Gasteiger partial charge is 0.220 e. The summed E-state index contributed by atoms with van der Waals surface area (Å²) in [6.07, 6.45) is 10.0. The molecule has 2 unspecified atom stereocenters. The van der Waals surface area contributed by atoms with Gasteiger partial charge >= 0.3 is 0 Å². The molecule has 1 aromatic rings. The van der Waals surface area contributed by atoms with Crippen molar-refractivity contribution < 1.29 is 9.53 Å². The van der Waals surface area contributed by atoms with Crippen molar-refractivity contribution in [1.29, 1.82) is 0 Å². The minimum atomic E-state index is 0.229. The van der Waals surface area contributed by atoms with Crippen molar-refractivity contribution in [2.45, 2.75) is 70.8 Å². The number of rotatable bonds is 9. The summed E-state index contributed by atoms with van der Waals surface area (Å²) in [5, 5.41) is 3.28. The third-order valence-electron chi connectivity index (χ3n) is 4.96. The van der Waals surface area contributed by atoms with Gasteiger partial charge in [0.2, 0.25) is 5.91 Å². The Balaban J connectivity index is 1.68. The maximum atomic E-state index is 12.2. The van der Waals surface area contributed by atoms with Crippen molar-refractivity contribution in [3.8, 4) is 5.75 Å². The molecule has 0 saturated heterocycles. The highest BCUT2D eigenvalue weighted by Gasteiger charge is 2.27. The first-order valence-corrected chi connectivity index (χ1v) is 9.15. The van der Waals surface area contributed by atoms with Crippen molar-refractivity contribution >= 4 is 5.91 Å². The van der Waals surface area contributed by atoms with Crippen LogP contribution < -0.4 is 10.1 Å². The van der Waals surface area contributed by atoms with Crippen LogP contribution in [0.2, 0.25) is 0 Å². The Bertz CT molecular complexity index is 469. The first kappa shape index (κ1) is 17.8. The molecule has 23 heavy (non-hydrogen) atoms. The molecule has 1 amide bonds. The van der Waals surface area contributed by atoms with Crippen molar-refractivity contribution in [1.82, 2.24) is 5.32 Å². The van der Waals surface area contributed by atoms with Gasteiger partial charge in [-0.15, -0.1) is 0 Å². The predicted octanol–water partition coefficient (Wildman–Crippen LogP) is 4.49. The maximum Gasteiger partial charge on any atom is 0.220 e. The van der Waals surface area contributed by atoms with Crippen molar-refractivity contribution in [2.24, 2.45) is 5.92 Å². The van der Waals surface area contributed by atoms with Crippen LogP contribution in [-0.2, 0) is 11.2 Å². The zero-order chi connectivity index (χ0) is 16.5. The zero-order valence-corrected chi connectivity index (χ0v) is 14.6. The summed E-state index contributed by atoms with van der Waals surface area (Å²) < 4.78 is 5.16. The molecular formula is C20H31NO2. The Morgan fingerprint density at radius 3 is 2.70 bits per heavy atom. The Hall–Kier alpha value is -1.51. The molecule has 1 aromatic carbocycles. The summed E-state index contributed by atoms with van der Waals surface area (Å²) in [6, 6.07) is 8.54. The number of carbonyl (C=O) groups excluding carboxylic acids is 1. The van der Waals surface area contributed by atoms with Crippen LogP contribution in [0.25, 0.3) is 0 Å². The second-order valence-corrected chi connectivity index (χ2v) is 6.71. The van der Waals surface area contributed by atoms with Gasteiger partial charge in [-0.2, -0.15) is 0 Å². The molecule has 0 aliphatic heterocycles. The normalized spacial score (nSPS) is 20.4. The van der Waals surface area contributed by atoms with E-state index in [-0.39, 0.29) is 5.91 Å². The van der Waals surface area contributed by atoms with Gasteiger partial charge in [-0.25, -0.2) is 0 Å². The average Bonchev–Trinajstić information content (AvgIpc) is 3.00. The Labute approximate surface area is 140 Å². The Kier molecular flexibility index (Phi) is 7.44. The van der Waals surface area contributed by atoms with Crippen LogP contribution in [0.15, 0.2) is 24.3 Å². The molecule has 0 heterocycles. The molecule has 1 fully saturated rings. The number of ether oxygens (including phenoxy) is 1. The number of aryl methyl sites for hydroxylation is 1. The van der Waals surface area contributed by atoms with E-state index in [1.54, 1.807) is 7.11 Å². The molecule has 1 N–H and O–H groups in total. The summed E-state index contributed by atoms with van der Waals surface area (Å²) in [7, 11) is 1.68. The van der Waals surface area contributed by atoms with E-state index in [0.29, 0.717) is 18.4 Å². The summed E-state index contributed by atoms with van der Waals surface area (Å²) in [5.74, 6) is 1.82. The first-order chi connectivity index (χ1) is 11.2. The van der Waals surface area contributed by atoms with Crippen LogP contribution in [0.1, 0.15) is 63.9 Å². The fraction of sp³-hybridized carbons (Fsp3) is 0.650. The zero-order valence-electron chi connectivity index (χ0n) is 14.6. The molecule has 1 aliphatic carbocycles. The molecule has 1 saturated carbocycles. The number of carbonyl (C=O) groups is 1. The van der Waals surface area contributed by atoms with E-state index in [9.17, 15) is 4.79 Å². The van der Waals surface area contributed by atoms with Crippen LogP contribution >= 0.6 is 0 Å². The molecule has 3 nitrogen and oxygen atoms in total. The van der Waals surface area contributed by atoms with Gasteiger partial charge in [0.15, 0.2) is 0 Å². The van der Waals surface area contributed by atoms with Gasteiger partial charge in [0.05, 0.1) is 7.11 Å². The third kappa shape index (κ3) is 5.89. The second kappa shape index (κ2) is 9.59. The Morgan fingerprint density at radius 2 is 2.00 bits per heavy atom. The number of hydrogen-bond donors (Lipinski definition) is 1. The maximum absolute atomic E-state index is 12.2. The summed E-state index contributed by atoms with van der Waals surface area (Å²) in [4.78, 5) is 12.2. The minimum Gasteiger partial charge on any atom is -0.497 e. The fourth-order valence-electron chi connectivity index (χ4n) is 3.56. The number of unbranched alkanes of at least 4 members (excludes halogenated alkanes) is 1. The van der Waals surface area contributed by atoms with E-state index < -0.39 is 0 Å². The highest BCUT2D eigenvalue weighted by atomic mass is 16.5. The lowest BCUT2D eigenvalue weighted by Gasteiger charge is -2.21. The van der Waals surface area contributed by atoms with Gasteiger partial charge in [-0.3, -0.25) is 4.79 Å². The SMILES string of the molecule is CCCCC1CCCC1NC(=O)CCCc1ccc(OC)cc1. The summed E-state index contributed by atoms with van der Waals surface area (Å²) in [6.45, 7) is 2.24. The van der Waals surface area contributed by atoms with Gasteiger partial charge < -0.3 is 10.1 Å². The van der Waals surface area contributed by atoms with Gasteiger partial charge in [0.1, 0.15) is 5.75 Å². The van der Waals surface area contributed by atoms with Crippen LogP contribution in [0.4, 0.5) is 0 Å². The molecule has 0 radical (unpaired) electrons. The quantitative estimate of drug-likeness (QED) is 0.728. The van der Waals surface area contributed by atoms with Crippen LogP contribution in [0.3, 0.4) is 0 Å². The lowest BCUT2D eigenvalue weighted by molar-refractivity contribution is -0.122. The second-order valence-electron chi connectivity index (χ2n) is 6.71. The molecular weight excluding hydrogens is 286 g/mol. The first-order valence-electron chi connectivity index (χ1n) is 9.15. The van der Waals surface area contributed by atoms with E-state index in [0.717, 1.165) is 18.6 Å². The topological polar surface area (TPSA) is 38.3 Å². The lowest BCUT2D eigenvalue weighted by atomic mass is 9.96. The van der Waals surface area contributed by atoms with Crippen LogP contribution in [0, 0.1) is 5.92 Å². The molecule has 1 aliphatic rings. The minimum absolute atomic E-state index is 0.229. The van der Waals surface area contributed by atoms with Crippen molar-refractivity contribution in [3.05, 3.63) is 29.8 Å². The number of methoxy groups -OCH3 is 1. The van der Waals surface area contributed by atoms with E-state index in [1.807, 2.05) is 12.1 Å². The molecule has 2 atom stereocenters. The standard InChI is InChI=1S/C20H31NO2/c1-3-4-8-17-9-6-10-19(17)21-20(22)11-5-7-16-12-14-18(23-2)15-13-16/h12-15,17,19H,3-11H2,1-2H3,(H,21,22). The highest BCUT2D eigenvalue weighted by molar-refractivity contribution is 5.76. The van der Waals surface area contributed by atoms with Crippen molar-refractivity contribution in [2.75, 3.05) is 7.11 Å². The highest BCUT2D eigenvalue weighted by Crippen LogP contribution is 2.30. The van der Waals surface area contributed by atoms with Gasteiger partial charge in [-0.05, 0) is 55.7 Å². The number of benzene rings is 1. The van der Waals surface area contributed by atoms with E-state index >= 15 is 0 Å². The molecule has 0 bridgehead atoms. The predicted molar refractivity (Wildman–Crippen MR) is 94.7 cm³/mol. The monoisotopic (exact) mass is 317 g/mol. The number of hydrogen-bond acceptors (Lipinski definition) is 2.